The first-order valence-corrected chi connectivity index (χ1v) is 8.53. The number of nitrogens with one attached hydrogen (secondary N) is 2. The predicted molar refractivity (Wildman–Crippen MR) is 97.2 cm³/mol. The van der Waals surface area contributed by atoms with E-state index < -0.39 is 0 Å². The summed E-state index contributed by atoms with van der Waals surface area (Å²) in [6.45, 7) is 6.08. The lowest BCUT2D eigenvalue weighted by molar-refractivity contribution is -0.126. The van der Waals surface area contributed by atoms with Crippen LogP contribution in [0.3, 0.4) is 0 Å². The minimum absolute atomic E-state index is 0. The molecule has 1 aromatic rings. The first-order valence-electron chi connectivity index (χ1n) is 8.53. The van der Waals surface area contributed by atoms with Crippen LogP contribution in [0.5, 0.6) is 0 Å². The molecule has 0 aromatic heterocycles. The summed E-state index contributed by atoms with van der Waals surface area (Å²) in [5.74, 6) is 1.03. The molecule has 2 aliphatic heterocycles. The van der Waals surface area contributed by atoms with Gasteiger partial charge in [0.2, 0.25) is 5.91 Å². The number of hydrogen-bond donors (Lipinski definition) is 2. The largest absolute Gasteiger partial charge is 0.371 e. The molecule has 5 heteroatoms. The van der Waals surface area contributed by atoms with Crippen molar-refractivity contribution in [3.05, 3.63) is 30.3 Å². The molecular weight excluding hydrogens is 310 g/mol. The number of halogens is 1. The zero-order chi connectivity index (χ0) is 15.4. The number of hydrogen-bond acceptors (Lipinski definition) is 3. The maximum Gasteiger partial charge on any atom is 0.223 e. The lowest BCUT2D eigenvalue weighted by Crippen LogP contribution is -2.43. The number of benzene rings is 1. The van der Waals surface area contributed by atoms with Gasteiger partial charge in [0.15, 0.2) is 0 Å². The monoisotopic (exact) mass is 337 g/mol. The third-order valence-electron chi connectivity index (χ3n) is 4.97. The quantitative estimate of drug-likeness (QED) is 0.887. The fraction of sp³-hybridized carbons (Fsp3) is 0.611. The molecule has 1 aromatic carbocycles. The lowest BCUT2D eigenvalue weighted by atomic mass is 9.92. The minimum atomic E-state index is 0. The van der Waals surface area contributed by atoms with Gasteiger partial charge in [-0.25, -0.2) is 0 Å². The Hall–Kier alpha value is -1.26. The van der Waals surface area contributed by atoms with Crippen LogP contribution < -0.4 is 15.5 Å². The number of carbonyl (C=O) groups excluding carboxylic acids is 1. The van der Waals surface area contributed by atoms with Crippen LogP contribution in [0.25, 0.3) is 0 Å². The van der Waals surface area contributed by atoms with E-state index in [1.54, 1.807) is 0 Å². The van der Waals surface area contributed by atoms with Crippen molar-refractivity contribution in [2.45, 2.75) is 32.2 Å². The van der Waals surface area contributed by atoms with Gasteiger partial charge in [-0.1, -0.05) is 18.2 Å². The SMILES string of the molecule is C[C@H]1C[C@@H](C(=O)NCC2CCN(c3ccccc3)C2)CCN1.Cl. The Kier molecular flexibility index (Phi) is 6.72. The summed E-state index contributed by atoms with van der Waals surface area (Å²) in [6.07, 6.45) is 3.10. The summed E-state index contributed by atoms with van der Waals surface area (Å²) in [5.41, 5.74) is 1.29. The highest BCUT2D eigenvalue weighted by Gasteiger charge is 2.27. The van der Waals surface area contributed by atoms with Crippen LogP contribution >= 0.6 is 12.4 Å². The predicted octanol–water partition coefficient (Wildman–Crippen LogP) is 2.44. The van der Waals surface area contributed by atoms with Crippen LogP contribution in [0.15, 0.2) is 30.3 Å². The molecule has 3 atom stereocenters. The smallest absolute Gasteiger partial charge is 0.223 e. The molecule has 0 spiro atoms. The lowest BCUT2D eigenvalue weighted by Gasteiger charge is -2.27. The molecule has 0 bridgehead atoms. The van der Waals surface area contributed by atoms with Gasteiger partial charge in [-0.3, -0.25) is 4.79 Å². The van der Waals surface area contributed by atoms with Crippen LogP contribution in [-0.2, 0) is 4.79 Å². The van der Waals surface area contributed by atoms with Gasteiger partial charge in [0, 0.05) is 37.3 Å². The van der Waals surface area contributed by atoms with E-state index in [-0.39, 0.29) is 24.2 Å². The van der Waals surface area contributed by atoms with Gasteiger partial charge in [0.25, 0.3) is 0 Å². The molecule has 2 heterocycles. The first kappa shape index (κ1) is 18.1. The van der Waals surface area contributed by atoms with Gasteiger partial charge in [-0.2, -0.15) is 0 Å². The van der Waals surface area contributed by atoms with Crippen molar-refractivity contribution >= 4 is 24.0 Å². The second kappa shape index (κ2) is 8.55. The fourth-order valence-corrected chi connectivity index (χ4v) is 3.63. The van der Waals surface area contributed by atoms with E-state index in [1.807, 2.05) is 0 Å². The molecule has 1 unspecified atom stereocenters. The Bertz CT molecular complexity index is 496. The molecule has 0 radical (unpaired) electrons. The molecule has 2 N–H and O–H groups in total. The second-order valence-corrected chi connectivity index (χ2v) is 6.76. The van der Waals surface area contributed by atoms with E-state index in [1.165, 1.54) is 5.69 Å². The molecule has 2 aliphatic rings. The maximum atomic E-state index is 12.3. The fourth-order valence-electron chi connectivity index (χ4n) is 3.63. The highest BCUT2D eigenvalue weighted by atomic mass is 35.5. The average Bonchev–Trinajstić information content (AvgIpc) is 3.02. The third-order valence-corrected chi connectivity index (χ3v) is 4.97. The van der Waals surface area contributed by atoms with Crippen molar-refractivity contribution in [3.63, 3.8) is 0 Å². The Morgan fingerprint density at radius 3 is 2.83 bits per heavy atom. The normalized spacial score (nSPS) is 27.3. The number of amides is 1. The molecule has 128 valence electrons. The number of carbonyl (C=O) groups is 1. The van der Waals surface area contributed by atoms with Gasteiger partial charge >= 0.3 is 0 Å². The molecule has 2 fully saturated rings. The minimum Gasteiger partial charge on any atom is -0.371 e. The Balaban J connectivity index is 0.00000192. The molecule has 3 rings (SSSR count). The zero-order valence-electron chi connectivity index (χ0n) is 13.8. The van der Waals surface area contributed by atoms with Crippen LogP contribution in [0.4, 0.5) is 5.69 Å². The number of para-hydroxylation sites is 1. The Labute approximate surface area is 145 Å². The third kappa shape index (κ3) is 4.85. The van der Waals surface area contributed by atoms with Crippen LogP contribution in [-0.4, -0.2) is 38.1 Å². The highest BCUT2D eigenvalue weighted by Crippen LogP contribution is 2.23. The summed E-state index contributed by atoms with van der Waals surface area (Å²) in [4.78, 5) is 14.7. The molecule has 0 aliphatic carbocycles. The molecule has 2 saturated heterocycles. The van der Waals surface area contributed by atoms with Crippen molar-refractivity contribution in [1.82, 2.24) is 10.6 Å². The Morgan fingerprint density at radius 1 is 1.30 bits per heavy atom. The van der Waals surface area contributed by atoms with Gasteiger partial charge in [0.05, 0.1) is 0 Å². The number of anilines is 1. The van der Waals surface area contributed by atoms with Gasteiger partial charge in [0.1, 0.15) is 0 Å². The Morgan fingerprint density at radius 2 is 2.09 bits per heavy atom. The summed E-state index contributed by atoms with van der Waals surface area (Å²) in [6, 6.07) is 11.0. The van der Waals surface area contributed by atoms with E-state index in [4.69, 9.17) is 0 Å². The summed E-state index contributed by atoms with van der Waals surface area (Å²) < 4.78 is 0. The zero-order valence-corrected chi connectivity index (χ0v) is 14.6. The molecule has 4 nitrogen and oxygen atoms in total. The van der Waals surface area contributed by atoms with Gasteiger partial charge in [-0.05, 0) is 50.8 Å². The van der Waals surface area contributed by atoms with Crippen LogP contribution in [0, 0.1) is 11.8 Å². The summed E-state index contributed by atoms with van der Waals surface area (Å²) in [7, 11) is 0. The molecule has 0 saturated carbocycles. The summed E-state index contributed by atoms with van der Waals surface area (Å²) in [5, 5.41) is 6.59. The van der Waals surface area contributed by atoms with Crippen molar-refractivity contribution in [2.75, 3.05) is 31.1 Å². The highest BCUT2D eigenvalue weighted by molar-refractivity contribution is 5.85. The van der Waals surface area contributed by atoms with E-state index in [0.29, 0.717) is 12.0 Å². The number of piperidine rings is 1. The topological polar surface area (TPSA) is 44.4 Å². The van der Waals surface area contributed by atoms with E-state index in [2.05, 4.69) is 52.8 Å². The molecule has 1 amide bonds. The molecule has 23 heavy (non-hydrogen) atoms. The first-order chi connectivity index (χ1) is 10.7. The van der Waals surface area contributed by atoms with Gasteiger partial charge in [-0.15, -0.1) is 12.4 Å². The standard InChI is InChI=1S/C18H27N3O.ClH/c1-14-11-16(7-9-19-14)18(22)20-12-15-8-10-21(13-15)17-5-3-2-4-6-17;/h2-6,14-16,19H,7-13H2,1H3,(H,20,22);1H/t14-,15?,16-;/m0./s1. The number of nitrogens with zero attached hydrogens (tertiary/aromatic N) is 1. The number of rotatable bonds is 4. The van der Waals surface area contributed by atoms with Crippen LogP contribution in [0.1, 0.15) is 26.2 Å². The maximum absolute atomic E-state index is 12.3. The van der Waals surface area contributed by atoms with E-state index >= 15 is 0 Å². The van der Waals surface area contributed by atoms with Crippen LogP contribution in [0.2, 0.25) is 0 Å². The van der Waals surface area contributed by atoms with Crippen molar-refractivity contribution < 1.29 is 4.79 Å². The van der Waals surface area contributed by atoms with Gasteiger partial charge < -0.3 is 15.5 Å². The van der Waals surface area contributed by atoms with Crippen molar-refractivity contribution in [1.29, 1.82) is 0 Å². The van der Waals surface area contributed by atoms with E-state index in [9.17, 15) is 4.79 Å². The van der Waals surface area contributed by atoms with Crippen molar-refractivity contribution in [2.24, 2.45) is 11.8 Å². The summed E-state index contributed by atoms with van der Waals surface area (Å²) >= 11 is 0. The molecular formula is C18H28ClN3O. The average molecular weight is 338 g/mol. The second-order valence-electron chi connectivity index (χ2n) is 6.76. The van der Waals surface area contributed by atoms with Crippen molar-refractivity contribution in [3.8, 4) is 0 Å². The van der Waals surface area contributed by atoms with E-state index in [0.717, 1.165) is 45.4 Å².